The largest absolute Gasteiger partial charge is 0.421 e. The quantitative estimate of drug-likeness (QED) is 0.453. The van der Waals surface area contributed by atoms with E-state index >= 15 is 0 Å². The summed E-state index contributed by atoms with van der Waals surface area (Å²) >= 11 is 0. The molecule has 4 aromatic rings. The van der Waals surface area contributed by atoms with Gasteiger partial charge in [0.15, 0.2) is 0 Å². The minimum atomic E-state index is -2.99. The highest BCUT2D eigenvalue weighted by molar-refractivity contribution is 7.06. The highest BCUT2D eigenvalue weighted by Crippen LogP contribution is 2.14. The van der Waals surface area contributed by atoms with E-state index in [4.69, 9.17) is 0 Å². The van der Waals surface area contributed by atoms with Crippen molar-refractivity contribution >= 4 is 34.7 Å². The lowest BCUT2D eigenvalue weighted by Crippen LogP contribution is -2.67. The lowest BCUT2D eigenvalue weighted by atomic mass is 10.1. The normalized spacial score (nSPS) is 11.5. The van der Waals surface area contributed by atoms with Crippen molar-refractivity contribution in [2.45, 2.75) is 0 Å². The molecular weight excluding hydrogens is 308 g/mol. The van der Waals surface area contributed by atoms with Crippen LogP contribution in [0.15, 0.2) is 103 Å². The molecule has 116 valence electrons. The zero-order valence-corrected chi connectivity index (χ0v) is 14.3. The van der Waals surface area contributed by atoms with Crippen LogP contribution in [0.5, 0.6) is 0 Å². The standard InChI is InChI=1S/C22H18OSi/c23-24(20-11-3-1-4-12-20,21-13-5-2-6-14-21)22-16-15-18-9-7-8-10-19(18)17-22/h1-17,23H. The van der Waals surface area contributed by atoms with E-state index in [0.29, 0.717) is 0 Å². The molecule has 0 spiro atoms. The molecule has 0 aliphatic heterocycles. The summed E-state index contributed by atoms with van der Waals surface area (Å²) in [6.07, 6.45) is 0. The third-order valence-electron chi connectivity index (χ3n) is 4.55. The summed E-state index contributed by atoms with van der Waals surface area (Å²) in [5.74, 6) is 0. The van der Waals surface area contributed by atoms with Crippen molar-refractivity contribution < 1.29 is 4.80 Å². The van der Waals surface area contributed by atoms with Crippen LogP contribution < -0.4 is 15.6 Å². The molecule has 4 rings (SSSR count). The van der Waals surface area contributed by atoms with Gasteiger partial charge in [0.2, 0.25) is 0 Å². The first kappa shape index (κ1) is 14.9. The number of fused-ring (bicyclic) bond motifs is 1. The Morgan fingerprint density at radius 3 is 1.54 bits per heavy atom. The van der Waals surface area contributed by atoms with Gasteiger partial charge in [-0.25, -0.2) is 0 Å². The van der Waals surface area contributed by atoms with Crippen LogP contribution in [0.25, 0.3) is 10.8 Å². The first-order valence-corrected chi connectivity index (χ1v) is 10.1. The molecule has 0 amide bonds. The molecule has 2 heteroatoms. The smallest absolute Gasteiger partial charge is 0.285 e. The van der Waals surface area contributed by atoms with E-state index in [1.54, 1.807) is 0 Å². The van der Waals surface area contributed by atoms with Crippen LogP contribution in [0.1, 0.15) is 0 Å². The molecule has 0 saturated heterocycles. The highest BCUT2D eigenvalue weighted by Gasteiger charge is 2.38. The van der Waals surface area contributed by atoms with Crippen molar-refractivity contribution in [2.24, 2.45) is 0 Å². The van der Waals surface area contributed by atoms with Gasteiger partial charge in [-0.15, -0.1) is 0 Å². The lowest BCUT2D eigenvalue weighted by molar-refractivity contribution is 0.583. The molecular formula is C22H18OSi. The predicted octanol–water partition coefficient (Wildman–Crippen LogP) is 2.80. The summed E-state index contributed by atoms with van der Waals surface area (Å²) in [6.45, 7) is 0. The second kappa shape index (κ2) is 6.08. The number of hydrogen-bond acceptors (Lipinski definition) is 1. The lowest BCUT2D eigenvalue weighted by Gasteiger charge is -2.27. The van der Waals surface area contributed by atoms with Crippen molar-refractivity contribution in [1.82, 2.24) is 0 Å². The average molecular weight is 326 g/mol. The van der Waals surface area contributed by atoms with E-state index < -0.39 is 8.32 Å². The van der Waals surface area contributed by atoms with Gasteiger partial charge in [0.05, 0.1) is 0 Å². The maximum Gasteiger partial charge on any atom is 0.285 e. The third-order valence-corrected chi connectivity index (χ3v) is 8.03. The highest BCUT2D eigenvalue weighted by atomic mass is 28.4. The Bertz CT molecular complexity index is 925. The Morgan fingerprint density at radius 1 is 0.458 bits per heavy atom. The van der Waals surface area contributed by atoms with Gasteiger partial charge in [-0.1, -0.05) is 103 Å². The summed E-state index contributed by atoms with van der Waals surface area (Å²) in [5.41, 5.74) is 0. The van der Waals surface area contributed by atoms with Crippen molar-refractivity contribution in [2.75, 3.05) is 0 Å². The minimum absolute atomic E-state index is 1.01. The first-order valence-electron chi connectivity index (χ1n) is 8.11. The van der Waals surface area contributed by atoms with E-state index in [-0.39, 0.29) is 0 Å². The Balaban J connectivity index is 1.98. The predicted molar refractivity (Wildman–Crippen MR) is 104 cm³/mol. The Morgan fingerprint density at radius 2 is 0.958 bits per heavy atom. The summed E-state index contributed by atoms with van der Waals surface area (Å²) in [4.78, 5) is 11.9. The van der Waals surface area contributed by atoms with Crippen LogP contribution >= 0.6 is 0 Å². The van der Waals surface area contributed by atoms with E-state index in [9.17, 15) is 4.80 Å². The number of benzene rings is 4. The van der Waals surface area contributed by atoms with Crippen LogP contribution in [0.4, 0.5) is 0 Å². The van der Waals surface area contributed by atoms with E-state index in [1.807, 2.05) is 72.8 Å². The van der Waals surface area contributed by atoms with Gasteiger partial charge in [0.1, 0.15) is 0 Å². The van der Waals surface area contributed by atoms with Crippen LogP contribution in [0.3, 0.4) is 0 Å². The Kier molecular flexibility index (Phi) is 3.77. The fourth-order valence-electron chi connectivity index (χ4n) is 3.27. The molecule has 1 nitrogen and oxygen atoms in total. The van der Waals surface area contributed by atoms with Gasteiger partial charge < -0.3 is 4.80 Å². The maximum absolute atomic E-state index is 11.9. The van der Waals surface area contributed by atoms with Gasteiger partial charge in [-0.2, -0.15) is 0 Å². The molecule has 24 heavy (non-hydrogen) atoms. The topological polar surface area (TPSA) is 20.2 Å². The molecule has 0 aliphatic rings. The molecule has 0 bridgehead atoms. The monoisotopic (exact) mass is 326 g/mol. The zero-order chi connectivity index (χ0) is 16.4. The van der Waals surface area contributed by atoms with Crippen LogP contribution in [-0.2, 0) is 0 Å². The molecule has 0 aliphatic carbocycles. The molecule has 0 heterocycles. The third kappa shape index (κ3) is 2.46. The maximum atomic E-state index is 11.9. The summed E-state index contributed by atoms with van der Waals surface area (Å²) in [6, 6.07) is 34.7. The molecule has 0 fully saturated rings. The van der Waals surface area contributed by atoms with Crippen molar-refractivity contribution in [3.05, 3.63) is 103 Å². The number of rotatable bonds is 3. The van der Waals surface area contributed by atoms with Gasteiger partial charge in [-0.05, 0) is 26.3 Å². The molecule has 0 saturated carbocycles. The number of hydrogen-bond donors (Lipinski definition) is 1. The fraction of sp³-hybridized carbons (Fsp3) is 0. The van der Waals surface area contributed by atoms with Crippen LogP contribution in [0.2, 0.25) is 0 Å². The van der Waals surface area contributed by atoms with Gasteiger partial charge in [0, 0.05) is 0 Å². The Labute approximate surface area is 143 Å². The SMILES string of the molecule is O[Si](c1ccccc1)(c1ccccc1)c1ccc2ccccc2c1. The molecule has 0 unspecified atom stereocenters. The molecule has 1 N–H and O–H groups in total. The molecule has 4 aromatic carbocycles. The molecule has 0 aromatic heterocycles. The van der Waals surface area contributed by atoms with Crippen molar-refractivity contribution in [3.8, 4) is 0 Å². The van der Waals surface area contributed by atoms with Gasteiger partial charge in [0.25, 0.3) is 8.32 Å². The van der Waals surface area contributed by atoms with E-state index in [2.05, 4.69) is 30.3 Å². The summed E-state index contributed by atoms with van der Waals surface area (Å²) in [5, 5.41) is 5.38. The summed E-state index contributed by atoms with van der Waals surface area (Å²) < 4.78 is 0. The zero-order valence-electron chi connectivity index (χ0n) is 13.3. The first-order chi connectivity index (χ1) is 11.8. The average Bonchev–Trinajstić information content (AvgIpc) is 2.68. The second-order valence-corrected chi connectivity index (χ2v) is 9.16. The fourth-order valence-corrected chi connectivity index (χ4v) is 6.31. The van der Waals surface area contributed by atoms with E-state index in [0.717, 1.165) is 20.9 Å². The Hall–Kier alpha value is -2.68. The molecule has 0 radical (unpaired) electrons. The van der Waals surface area contributed by atoms with E-state index in [1.165, 1.54) is 5.39 Å². The molecule has 0 atom stereocenters. The second-order valence-electron chi connectivity index (χ2n) is 6.00. The van der Waals surface area contributed by atoms with Gasteiger partial charge in [-0.3, -0.25) is 0 Å². The summed E-state index contributed by atoms with van der Waals surface area (Å²) in [7, 11) is -2.99. The van der Waals surface area contributed by atoms with Crippen LogP contribution in [0, 0.1) is 0 Å². The van der Waals surface area contributed by atoms with Crippen molar-refractivity contribution in [3.63, 3.8) is 0 Å². The minimum Gasteiger partial charge on any atom is -0.421 e. The van der Waals surface area contributed by atoms with Crippen LogP contribution in [-0.4, -0.2) is 13.1 Å². The van der Waals surface area contributed by atoms with Gasteiger partial charge >= 0.3 is 0 Å². The van der Waals surface area contributed by atoms with Crippen molar-refractivity contribution in [1.29, 1.82) is 0 Å².